The molecular weight excluding hydrogens is 196 g/mol. The average molecular weight is 212 g/mol. The molecule has 78 valence electrons. The standard InChI is InChI=1S/C10H16N2OS/c1-7(2)9-5-11-10(6-14(4)13)12-8(9)3/h5,7H,6H2,1-4H3. The summed E-state index contributed by atoms with van der Waals surface area (Å²) in [6.45, 7) is 6.20. The summed E-state index contributed by atoms with van der Waals surface area (Å²) < 4.78 is 11.0. The quantitative estimate of drug-likeness (QED) is 0.767. The van der Waals surface area contributed by atoms with Gasteiger partial charge in [0.05, 0.1) is 5.75 Å². The second-order valence-electron chi connectivity index (χ2n) is 3.70. The first kappa shape index (κ1) is 11.3. The van der Waals surface area contributed by atoms with Gasteiger partial charge in [0.15, 0.2) is 0 Å². The fraction of sp³-hybridized carbons (Fsp3) is 0.600. The number of aromatic nitrogens is 2. The van der Waals surface area contributed by atoms with Gasteiger partial charge in [0, 0.05) is 28.9 Å². The van der Waals surface area contributed by atoms with Crippen LogP contribution >= 0.6 is 0 Å². The minimum atomic E-state index is -0.867. The van der Waals surface area contributed by atoms with Crippen molar-refractivity contribution >= 4 is 10.8 Å². The topological polar surface area (TPSA) is 42.9 Å². The predicted molar refractivity (Wildman–Crippen MR) is 58.6 cm³/mol. The molecule has 0 aliphatic carbocycles. The summed E-state index contributed by atoms with van der Waals surface area (Å²) in [6.07, 6.45) is 3.50. The molecule has 0 aliphatic heterocycles. The average Bonchev–Trinajstić information content (AvgIpc) is 2.01. The van der Waals surface area contributed by atoms with Gasteiger partial charge in [-0.15, -0.1) is 0 Å². The van der Waals surface area contributed by atoms with Crippen molar-refractivity contribution in [3.63, 3.8) is 0 Å². The van der Waals surface area contributed by atoms with Crippen LogP contribution in [0.15, 0.2) is 6.20 Å². The van der Waals surface area contributed by atoms with Gasteiger partial charge in [-0.25, -0.2) is 9.97 Å². The van der Waals surface area contributed by atoms with Crippen molar-refractivity contribution in [1.82, 2.24) is 9.97 Å². The number of rotatable bonds is 3. The highest BCUT2D eigenvalue weighted by Gasteiger charge is 2.07. The molecule has 0 saturated carbocycles. The van der Waals surface area contributed by atoms with E-state index >= 15 is 0 Å². The van der Waals surface area contributed by atoms with E-state index in [1.807, 2.05) is 13.1 Å². The van der Waals surface area contributed by atoms with Crippen LogP contribution in [0.4, 0.5) is 0 Å². The van der Waals surface area contributed by atoms with E-state index in [4.69, 9.17) is 0 Å². The second kappa shape index (κ2) is 4.64. The third kappa shape index (κ3) is 2.87. The molecule has 0 amide bonds. The van der Waals surface area contributed by atoms with Gasteiger partial charge in [0.2, 0.25) is 0 Å². The number of hydrogen-bond donors (Lipinski definition) is 0. The summed E-state index contributed by atoms with van der Waals surface area (Å²) in [5.74, 6) is 1.56. The Labute approximate surface area is 87.4 Å². The lowest BCUT2D eigenvalue weighted by atomic mass is 10.0. The van der Waals surface area contributed by atoms with Crippen molar-refractivity contribution in [1.29, 1.82) is 0 Å². The molecule has 1 aromatic heterocycles. The van der Waals surface area contributed by atoms with Crippen molar-refractivity contribution in [3.8, 4) is 0 Å². The normalized spacial score (nSPS) is 13.2. The molecule has 0 aromatic carbocycles. The summed E-state index contributed by atoms with van der Waals surface area (Å²) >= 11 is 0. The van der Waals surface area contributed by atoms with Crippen molar-refractivity contribution < 1.29 is 4.21 Å². The molecule has 0 aliphatic rings. The van der Waals surface area contributed by atoms with E-state index in [1.54, 1.807) is 6.26 Å². The zero-order valence-electron chi connectivity index (χ0n) is 9.07. The van der Waals surface area contributed by atoms with Crippen LogP contribution in [0.5, 0.6) is 0 Å². The van der Waals surface area contributed by atoms with Gasteiger partial charge in [0.1, 0.15) is 5.82 Å². The smallest absolute Gasteiger partial charge is 0.140 e. The van der Waals surface area contributed by atoms with E-state index in [2.05, 4.69) is 23.8 Å². The molecule has 0 radical (unpaired) electrons. The molecule has 1 rings (SSSR count). The molecule has 1 atom stereocenters. The Kier molecular flexibility index (Phi) is 3.75. The number of aryl methyl sites for hydroxylation is 1. The van der Waals surface area contributed by atoms with E-state index in [9.17, 15) is 4.21 Å². The van der Waals surface area contributed by atoms with Gasteiger partial charge in [-0.05, 0) is 18.4 Å². The molecule has 1 aromatic rings. The van der Waals surface area contributed by atoms with Crippen LogP contribution in [0.25, 0.3) is 0 Å². The Hall–Kier alpha value is -0.770. The van der Waals surface area contributed by atoms with Crippen LogP contribution in [-0.2, 0) is 16.6 Å². The summed E-state index contributed by atoms with van der Waals surface area (Å²) in [5, 5.41) is 0. The highest BCUT2D eigenvalue weighted by molar-refractivity contribution is 7.83. The third-order valence-electron chi connectivity index (χ3n) is 2.02. The van der Waals surface area contributed by atoms with E-state index in [0.717, 1.165) is 11.3 Å². The minimum absolute atomic E-state index is 0.441. The van der Waals surface area contributed by atoms with Crippen molar-refractivity contribution in [3.05, 3.63) is 23.3 Å². The largest absolute Gasteiger partial charge is 0.259 e. The summed E-state index contributed by atoms with van der Waals surface area (Å²) in [5.41, 5.74) is 2.16. The molecule has 0 bridgehead atoms. The van der Waals surface area contributed by atoms with E-state index < -0.39 is 10.8 Å². The van der Waals surface area contributed by atoms with Crippen molar-refractivity contribution in [2.75, 3.05) is 6.26 Å². The first-order valence-electron chi connectivity index (χ1n) is 4.63. The van der Waals surface area contributed by atoms with Crippen LogP contribution < -0.4 is 0 Å². The zero-order valence-corrected chi connectivity index (χ0v) is 9.89. The predicted octanol–water partition coefficient (Wildman–Crippen LogP) is 1.79. The SMILES string of the molecule is Cc1nc(CS(C)=O)ncc1C(C)C. The van der Waals surface area contributed by atoms with E-state index in [-0.39, 0.29) is 0 Å². The molecule has 1 heterocycles. The molecule has 14 heavy (non-hydrogen) atoms. The molecule has 0 saturated heterocycles. The highest BCUT2D eigenvalue weighted by Crippen LogP contribution is 2.16. The lowest BCUT2D eigenvalue weighted by Crippen LogP contribution is -2.04. The lowest BCUT2D eigenvalue weighted by molar-refractivity contribution is 0.684. The molecule has 0 spiro atoms. The molecular formula is C10H16N2OS. The molecule has 1 unspecified atom stereocenters. The fourth-order valence-electron chi connectivity index (χ4n) is 1.34. The van der Waals surface area contributed by atoms with Crippen molar-refractivity contribution in [2.24, 2.45) is 0 Å². The van der Waals surface area contributed by atoms with Crippen LogP contribution in [0, 0.1) is 6.92 Å². The molecule has 4 heteroatoms. The molecule has 3 nitrogen and oxygen atoms in total. The Morgan fingerprint density at radius 2 is 2.14 bits per heavy atom. The monoisotopic (exact) mass is 212 g/mol. The van der Waals surface area contributed by atoms with E-state index in [0.29, 0.717) is 17.5 Å². The maximum atomic E-state index is 11.0. The molecule has 0 fully saturated rings. The second-order valence-corrected chi connectivity index (χ2v) is 5.13. The van der Waals surface area contributed by atoms with Crippen LogP contribution in [0.2, 0.25) is 0 Å². The summed E-state index contributed by atoms with van der Waals surface area (Å²) in [4.78, 5) is 8.53. The van der Waals surface area contributed by atoms with Gasteiger partial charge < -0.3 is 0 Å². The molecule has 0 N–H and O–H groups in total. The van der Waals surface area contributed by atoms with Gasteiger partial charge in [-0.3, -0.25) is 4.21 Å². The highest BCUT2D eigenvalue weighted by atomic mass is 32.2. The third-order valence-corrected chi connectivity index (χ3v) is 2.69. The zero-order chi connectivity index (χ0) is 10.7. The van der Waals surface area contributed by atoms with Crippen LogP contribution in [0.3, 0.4) is 0 Å². The van der Waals surface area contributed by atoms with Gasteiger partial charge >= 0.3 is 0 Å². The first-order chi connectivity index (χ1) is 6.50. The first-order valence-corrected chi connectivity index (χ1v) is 6.36. The van der Waals surface area contributed by atoms with Crippen LogP contribution in [0.1, 0.15) is 36.8 Å². The number of hydrogen-bond acceptors (Lipinski definition) is 3. The Balaban J connectivity index is 2.94. The Bertz CT molecular complexity index is 350. The maximum absolute atomic E-state index is 11.0. The maximum Gasteiger partial charge on any atom is 0.140 e. The number of nitrogens with zero attached hydrogens (tertiary/aromatic N) is 2. The Morgan fingerprint density at radius 1 is 1.50 bits per heavy atom. The van der Waals surface area contributed by atoms with Gasteiger partial charge in [-0.1, -0.05) is 13.8 Å². The van der Waals surface area contributed by atoms with E-state index in [1.165, 1.54) is 0 Å². The fourth-order valence-corrected chi connectivity index (χ4v) is 1.85. The van der Waals surface area contributed by atoms with Gasteiger partial charge in [-0.2, -0.15) is 0 Å². The van der Waals surface area contributed by atoms with Crippen LogP contribution in [-0.4, -0.2) is 20.4 Å². The summed E-state index contributed by atoms with van der Waals surface area (Å²) in [6, 6.07) is 0. The lowest BCUT2D eigenvalue weighted by Gasteiger charge is -2.08. The Morgan fingerprint density at radius 3 is 2.57 bits per heavy atom. The summed E-state index contributed by atoms with van der Waals surface area (Å²) in [7, 11) is -0.867. The minimum Gasteiger partial charge on any atom is -0.259 e. The van der Waals surface area contributed by atoms with Crippen molar-refractivity contribution in [2.45, 2.75) is 32.4 Å². The van der Waals surface area contributed by atoms with Gasteiger partial charge in [0.25, 0.3) is 0 Å².